The molecule has 0 fully saturated rings. The zero-order chi connectivity index (χ0) is 12.0. The lowest BCUT2D eigenvalue weighted by molar-refractivity contribution is 0.303. The molecule has 0 aromatic carbocycles. The van der Waals surface area contributed by atoms with E-state index >= 15 is 0 Å². The SMILES string of the molecule is CC(C)CCN(C)Cc1ccnc(CN)c1. The predicted molar refractivity (Wildman–Crippen MR) is 67.9 cm³/mol. The van der Waals surface area contributed by atoms with Crippen LogP contribution in [0, 0.1) is 5.92 Å². The summed E-state index contributed by atoms with van der Waals surface area (Å²) in [5.41, 5.74) is 7.83. The van der Waals surface area contributed by atoms with Crippen LogP contribution >= 0.6 is 0 Å². The van der Waals surface area contributed by atoms with E-state index in [9.17, 15) is 0 Å². The molecule has 0 aliphatic heterocycles. The van der Waals surface area contributed by atoms with E-state index < -0.39 is 0 Å². The van der Waals surface area contributed by atoms with E-state index in [0.29, 0.717) is 6.54 Å². The first-order chi connectivity index (χ1) is 7.61. The summed E-state index contributed by atoms with van der Waals surface area (Å²) in [7, 11) is 2.16. The van der Waals surface area contributed by atoms with Crippen molar-refractivity contribution in [3.8, 4) is 0 Å². The molecule has 90 valence electrons. The Morgan fingerprint density at radius 1 is 1.44 bits per heavy atom. The third-order valence-electron chi connectivity index (χ3n) is 2.63. The zero-order valence-electron chi connectivity index (χ0n) is 10.6. The summed E-state index contributed by atoms with van der Waals surface area (Å²) in [6, 6.07) is 4.15. The molecule has 0 atom stereocenters. The van der Waals surface area contributed by atoms with Crippen molar-refractivity contribution in [1.29, 1.82) is 0 Å². The van der Waals surface area contributed by atoms with Crippen LogP contribution in [0.25, 0.3) is 0 Å². The minimum absolute atomic E-state index is 0.517. The minimum Gasteiger partial charge on any atom is -0.325 e. The Balaban J connectivity index is 2.45. The quantitative estimate of drug-likeness (QED) is 0.799. The fourth-order valence-corrected chi connectivity index (χ4v) is 1.61. The van der Waals surface area contributed by atoms with Gasteiger partial charge in [0.1, 0.15) is 0 Å². The van der Waals surface area contributed by atoms with Crippen molar-refractivity contribution in [1.82, 2.24) is 9.88 Å². The van der Waals surface area contributed by atoms with E-state index in [2.05, 4.69) is 42.9 Å². The average molecular weight is 221 g/mol. The van der Waals surface area contributed by atoms with Crippen molar-refractivity contribution in [2.24, 2.45) is 11.7 Å². The van der Waals surface area contributed by atoms with Gasteiger partial charge in [-0.1, -0.05) is 13.8 Å². The van der Waals surface area contributed by atoms with Gasteiger partial charge in [0.25, 0.3) is 0 Å². The van der Waals surface area contributed by atoms with Crippen molar-refractivity contribution >= 4 is 0 Å². The van der Waals surface area contributed by atoms with Crippen molar-refractivity contribution in [2.75, 3.05) is 13.6 Å². The first-order valence-corrected chi connectivity index (χ1v) is 5.94. The number of rotatable bonds is 6. The Morgan fingerprint density at radius 2 is 2.19 bits per heavy atom. The molecule has 1 heterocycles. The molecule has 1 aromatic rings. The number of hydrogen-bond acceptors (Lipinski definition) is 3. The van der Waals surface area contributed by atoms with Gasteiger partial charge in [-0.05, 0) is 43.6 Å². The molecule has 0 spiro atoms. The lowest BCUT2D eigenvalue weighted by Crippen LogP contribution is -2.20. The number of aromatic nitrogens is 1. The normalized spacial score (nSPS) is 11.4. The molecule has 0 radical (unpaired) electrons. The molecule has 0 aliphatic carbocycles. The van der Waals surface area contributed by atoms with Crippen molar-refractivity contribution in [3.05, 3.63) is 29.6 Å². The Labute approximate surface area is 98.7 Å². The van der Waals surface area contributed by atoms with Gasteiger partial charge in [0.2, 0.25) is 0 Å². The monoisotopic (exact) mass is 221 g/mol. The Kier molecular flexibility index (Phi) is 5.43. The van der Waals surface area contributed by atoms with Crippen LogP contribution in [0.3, 0.4) is 0 Å². The Hall–Kier alpha value is -0.930. The summed E-state index contributed by atoms with van der Waals surface area (Å²) in [6.07, 6.45) is 3.08. The molecule has 0 aliphatic rings. The van der Waals surface area contributed by atoms with Gasteiger partial charge in [0.15, 0.2) is 0 Å². The largest absolute Gasteiger partial charge is 0.325 e. The summed E-state index contributed by atoms with van der Waals surface area (Å²) in [4.78, 5) is 6.54. The standard InChI is InChI=1S/C13H23N3/c1-11(2)5-7-16(3)10-12-4-6-15-13(8-12)9-14/h4,6,8,11H,5,7,9-10,14H2,1-3H3. The first-order valence-electron chi connectivity index (χ1n) is 5.94. The second-order valence-electron chi connectivity index (χ2n) is 4.78. The Bertz CT molecular complexity index is 310. The summed E-state index contributed by atoms with van der Waals surface area (Å²) in [5, 5.41) is 0. The smallest absolute Gasteiger partial charge is 0.0542 e. The molecule has 0 saturated heterocycles. The van der Waals surface area contributed by atoms with Crippen LogP contribution in [0.4, 0.5) is 0 Å². The highest BCUT2D eigenvalue weighted by atomic mass is 15.1. The molecule has 0 bridgehead atoms. The van der Waals surface area contributed by atoms with Crippen molar-refractivity contribution < 1.29 is 0 Å². The summed E-state index contributed by atoms with van der Waals surface area (Å²) < 4.78 is 0. The highest BCUT2D eigenvalue weighted by Crippen LogP contribution is 2.07. The van der Waals surface area contributed by atoms with Gasteiger partial charge in [-0.15, -0.1) is 0 Å². The van der Waals surface area contributed by atoms with Gasteiger partial charge in [-0.2, -0.15) is 0 Å². The molecular weight excluding hydrogens is 198 g/mol. The molecule has 3 nitrogen and oxygen atoms in total. The lowest BCUT2D eigenvalue weighted by atomic mass is 10.1. The second kappa shape index (κ2) is 6.61. The van der Waals surface area contributed by atoms with Crippen LogP contribution in [-0.4, -0.2) is 23.5 Å². The summed E-state index contributed by atoms with van der Waals surface area (Å²) in [6.45, 7) is 7.14. The van der Waals surface area contributed by atoms with Gasteiger partial charge in [-0.3, -0.25) is 4.98 Å². The van der Waals surface area contributed by atoms with Crippen molar-refractivity contribution in [2.45, 2.75) is 33.4 Å². The van der Waals surface area contributed by atoms with E-state index in [4.69, 9.17) is 5.73 Å². The number of nitrogens with zero attached hydrogens (tertiary/aromatic N) is 2. The fourth-order valence-electron chi connectivity index (χ4n) is 1.61. The van der Waals surface area contributed by atoms with Gasteiger partial charge in [0, 0.05) is 19.3 Å². The van der Waals surface area contributed by atoms with Crippen LogP contribution in [0.15, 0.2) is 18.3 Å². The molecule has 0 unspecified atom stereocenters. The number of hydrogen-bond donors (Lipinski definition) is 1. The third-order valence-corrected chi connectivity index (χ3v) is 2.63. The van der Waals surface area contributed by atoms with Crippen LogP contribution in [-0.2, 0) is 13.1 Å². The van der Waals surface area contributed by atoms with Gasteiger partial charge in [-0.25, -0.2) is 0 Å². The van der Waals surface area contributed by atoms with Crippen LogP contribution in [0.5, 0.6) is 0 Å². The maximum Gasteiger partial charge on any atom is 0.0542 e. The van der Waals surface area contributed by atoms with Crippen LogP contribution in [0.1, 0.15) is 31.5 Å². The maximum atomic E-state index is 5.57. The minimum atomic E-state index is 0.517. The number of nitrogens with two attached hydrogens (primary N) is 1. The molecule has 0 saturated carbocycles. The average Bonchev–Trinajstić information content (AvgIpc) is 2.26. The maximum absolute atomic E-state index is 5.57. The summed E-state index contributed by atoms with van der Waals surface area (Å²) >= 11 is 0. The fraction of sp³-hybridized carbons (Fsp3) is 0.615. The predicted octanol–water partition coefficient (Wildman–Crippen LogP) is 2.02. The van der Waals surface area contributed by atoms with Crippen LogP contribution in [0.2, 0.25) is 0 Å². The highest BCUT2D eigenvalue weighted by molar-refractivity contribution is 5.16. The second-order valence-corrected chi connectivity index (χ2v) is 4.78. The van der Waals surface area contributed by atoms with Gasteiger partial charge < -0.3 is 10.6 Å². The van der Waals surface area contributed by atoms with E-state index in [1.54, 1.807) is 0 Å². The molecular formula is C13H23N3. The highest BCUT2D eigenvalue weighted by Gasteiger charge is 2.02. The summed E-state index contributed by atoms with van der Waals surface area (Å²) in [5.74, 6) is 0.763. The third kappa shape index (κ3) is 4.73. The topological polar surface area (TPSA) is 42.2 Å². The van der Waals surface area contributed by atoms with Crippen LogP contribution < -0.4 is 5.73 Å². The molecule has 1 rings (SSSR count). The van der Waals surface area contributed by atoms with Gasteiger partial charge in [0.05, 0.1) is 5.69 Å². The molecule has 3 heteroatoms. The van der Waals surface area contributed by atoms with E-state index in [-0.39, 0.29) is 0 Å². The van der Waals surface area contributed by atoms with E-state index in [1.165, 1.54) is 12.0 Å². The zero-order valence-corrected chi connectivity index (χ0v) is 10.6. The van der Waals surface area contributed by atoms with E-state index in [0.717, 1.165) is 24.7 Å². The van der Waals surface area contributed by atoms with E-state index in [1.807, 2.05) is 6.20 Å². The van der Waals surface area contributed by atoms with Gasteiger partial charge >= 0.3 is 0 Å². The first kappa shape index (κ1) is 13.1. The molecule has 0 amide bonds. The molecule has 2 N–H and O–H groups in total. The molecule has 1 aromatic heterocycles. The lowest BCUT2D eigenvalue weighted by Gasteiger charge is -2.18. The number of pyridine rings is 1. The Morgan fingerprint density at radius 3 is 2.81 bits per heavy atom. The van der Waals surface area contributed by atoms with Crippen molar-refractivity contribution in [3.63, 3.8) is 0 Å². The molecule has 16 heavy (non-hydrogen) atoms.